The second-order valence-corrected chi connectivity index (χ2v) is 6.27. The van der Waals surface area contributed by atoms with E-state index in [2.05, 4.69) is 25.8 Å². The summed E-state index contributed by atoms with van der Waals surface area (Å²) in [5, 5.41) is 4.39. The molecule has 1 aromatic carbocycles. The van der Waals surface area contributed by atoms with E-state index < -0.39 is 6.61 Å². The van der Waals surface area contributed by atoms with Gasteiger partial charge in [-0.25, -0.2) is 0 Å². The van der Waals surface area contributed by atoms with Crippen molar-refractivity contribution < 1.29 is 23.0 Å². The van der Waals surface area contributed by atoms with Gasteiger partial charge in [0.2, 0.25) is 0 Å². The van der Waals surface area contributed by atoms with Gasteiger partial charge >= 0.3 is 6.61 Å². The average Bonchev–Trinajstić information content (AvgIpc) is 2.95. The highest BCUT2D eigenvalue weighted by molar-refractivity contribution is 9.10. The summed E-state index contributed by atoms with van der Waals surface area (Å²) in [5.74, 6) is -0.290. The average molecular weight is 432 g/mol. The number of hydrogen-bond donors (Lipinski definition) is 0. The van der Waals surface area contributed by atoms with Gasteiger partial charge in [-0.05, 0) is 48.0 Å². The maximum atomic E-state index is 12.7. The zero-order chi connectivity index (χ0) is 19.3. The molecule has 1 amide bonds. The molecule has 6 nitrogen and oxygen atoms in total. The van der Waals surface area contributed by atoms with Crippen LogP contribution in [0.1, 0.15) is 29.9 Å². The van der Waals surface area contributed by atoms with Crippen molar-refractivity contribution in [3.05, 3.63) is 40.1 Å². The van der Waals surface area contributed by atoms with Gasteiger partial charge in [0.05, 0.1) is 23.3 Å². The van der Waals surface area contributed by atoms with Crippen molar-refractivity contribution in [2.45, 2.75) is 33.5 Å². The monoisotopic (exact) mass is 431 g/mol. The van der Waals surface area contributed by atoms with E-state index in [9.17, 15) is 13.6 Å². The lowest BCUT2D eigenvalue weighted by atomic mass is 10.1. The van der Waals surface area contributed by atoms with Crippen molar-refractivity contribution in [3.63, 3.8) is 0 Å². The normalized spacial score (nSPS) is 10.9. The van der Waals surface area contributed by atoms with Crippen LogP contribution >= 0.6 is 15.9 Å². The van der Waals surface area contributed by atoms with E-state index in [4.69, 9.17) is 4.74 Å². The maximum absolute atomic E-state index is 12.7. The minimum absolute atomic E-state index is 0.100. The van der Waals surface area contributed by atoms with Gasteiger partial charge in [0.25, 0.3) is 5.91 Å². The summed E-state index contributed by atoms with van der Waals surface area (Å²) < 4.78 is 37.3. The predicted octanol–water partition coefficient (Wildman–Crippen LogP) is 3.94. The fourth-order valence-electron chi connectivity index (χ4n) is 2.33. The molecule has 1 aromatic heterocycles. The smallest absolute Gasteiger partial charge is 0.387 e. The Labute approximate surface area is 158 Å². The number of aromatic nitrogens is 2. The van der Waals surface area contributed by atoms with Gasteiger partial charge in [0.15, 0.2) is 11.5 Å². The van der Waals surface area contributed by atoms with E-state index in [0.717, 1.165) is 16.7 Å². The molecule has 0 spiro atoms. The highest BCUT2D eigenvalue weighted by Gasteiger charge is 2.19. The first-order valence-corrected chi connectivity index (χ1v) is 8.83. The summed E-state index contributed by atoms with van der Waals surface area (Å²) in [6, 6.07) is 4.14. The van der Waals surface area contributed by atoms with Crippen molar-refractivity contribution in [2.75, 3.05) is 13.7 Å². The molecule has 142 valence electrons. The molecule has 0 bridgehead atoms. The van der Waals surface area contributed by atoms with Gasteiger partial charge in [0, 0.05) is 25.4 Å². The van der Waals surface area contributed by atoms with Crippen molar-refractivity contribution in [2.24, 2.45) is 0 Å². The summed E-state index contributed by atoms with van der Waals surface area (Å²) in [6.45, 7) is 1.99. The van der Waals surface area contributed by atoms with Gasteiger partial charge < -0.3 is 14.4 Å². The third kappa shape index (κ3) is 4.94. The molecule has 0 fully saturated rings. The van der Waals surface area contributed by atoms with Crippen LogP contribution in [0.3, 0.4) is 0 Å². The van der Waals surface area contributed by atoms with Crippen LogP contribution in [0.5, 0.6) is 11.5 Å². The van der Waals surface area contributed by atoms with Gasteiger partial charge in [0.1, 0.15) is 0 Å². The van der Waals surface area contributed by atoms with Crippen molar-refractivity contribution in [1.29, 1.82) is 0 Å². The number of carbonyl (C=O) groups excluding carboxylic acids is 1. The van der Waals surface area contributed by atoms with Crippen LogP contribution in [0.15, 0.2) is 28.9 Å². The largest absolute Gasteiger partial charge is 0.490 e. The standard InChI is InChI=1S/C17H20BrF2N3O3/c1-4-23-9-12(18)13(21-23)10-22(3)16(24)11-6-7-14(26-17(19)20)15(8-11)25-5-2/h6-9,17H,4-5,10H2,1-3H3. The first-order valence-electron chi connectivity index (χ1n) is 8.04. The second-order valence-electron chi connectivity index (χ2n) is 5.41. The molecule has 0 saturated carbocycles. The van der Waals surface area contributed by atoms with Crippen molar-refractivity contribution in [3.8, 4) is 11.5 Å². The Morgan fingerprint density at radius 2 is 2.08 bits per heavy atom. The van der Waals surface area contributed by atoms with Crippen LogP contribution in [-0.4, -0.2) is 40.9 Å². The van der Waals surface area contributed by atoms with E-state index in [0.29, 0.717) is 12.1 Å². The first-order chi connectivity index (χ1) is 12.3. The summed E-state index contributed by atoms with van der Waals surface area (Å²) in [6.07, 6.45) is 1.84. The van der Waals surface area contributed by atoms with Crippen LogP contribution < -0.4 is 9.47 Å². The molecule has 26 heavy (non-hydrogen) atoms. The summed E-state index contributed by atoms with van der Waals surface area (Å²) in [7, 11) is 1.64. The summed E-state index contributed by atoms with van der Waals surface area (Å²) in [5.41, 5.74) is 1.04. The minimum Gasteiger partial charge on any atom is -0.490 e. The minimum atomic E-state index is -2.97. The van der Waals surface area contributed by atoms with Gasteiger partial charge in [-0.15, -0.1) is 0 Å². The second kappa shape index (κ2) is 8.98. The number of hydrogen-bond acceptors (Lipinski definition) is 4. The molecular formula is C17H20BrF2N3O3. The summed E-state index contributed by atoms with van der Waals surface area (Å²) in [4.78, 5) is 14.2. The number of amides is 1. The maximum Gasteiger partial charge on any atom is 0.387 e. The molecule has 0 radical (unpaired) electrons. The highest BCUT2D eigenvalue weighted by Crippen LogP contribution is 2.30. The number of halogens is 3. The Balaban J connectivity index is 2.19. The Morgan fingerprint density at radius 3 is 2.65 bits per heavy atom. The van der Waals surface area contributed by atoms with E-state index in [-0.39, 0.29) is 24.0 Å². The lowest BCUT2D eigenvalue weighted by Gasteiger charge is -2.18. The van der Waals surface area contributed by atoms with Crippen LogP contribution in [0.4, 0.5) is 8.78 Å². The third-order valence-electron chi connectivity index (χ3n) is 3.55. The molecule has 0 atom stereocenters. The van der Waals surface area contributed by atoms with Crippen LogP contribution in [0, 0.1) is 0 Å². The van der Waals surface area contributed by atoms with Crippen LogP contribution in [0.2, 0.25) is 0 Å². The Hall–Kier alpha value is -2.16. The lowest BCUT2D eigenvalue weighted by Crippen LogP contribution is -2.26. The van der Waals surface area contributed by atoms with Crippen molar-refractivity contribution in [1.82, 2.24) is 14.7 Å². The molecule has 0 N–H and O–H groups in total. The molecule has 2 aromatic rings. The highest BCUT2D eigenvalue weighted by atomic mass is 79.9. The number of rotatable bonds is 8. The molecule has 9 heteroatoms. The number of carbonyl (C=O) groups is 1. The molecule has 0 unspecified atom stereocenters. The van der Waals surface area contributed by atoms with Gasteiger partial charge in [-0.2, -0.15) is 13.9 Å². The predicted molar refractivity (Wildman–Crippen MR) is 95.6 cm³/mol. The zero-order valence-electron chi connectivity index (χ0n) is 14.7. The quantitative estimate of drug-likeness (QED) is 0.634. The fourth-order valence-corrected chi connectivity index (χ4v) is 2.77. The Morgan fingerprint density at radius 1 is 1.35 bits per heavy atom. The van der Waals surface area contributed by atoms with Crippen molar-refractivity contribution >= 4 is 21.8 Å². The number of nitrogens with zero attached hydrogens (tertiary/aromatic N) is 3. The van der Waals surface area contributed by atoms with E-state index in [1.807, 2.05) is 13.1 Å². The zero-order valence-corrected chi connectivity index (χ0v) is 16.3. The number of aryl methyl sites for hydroxylation is 1. The third-order valence-corrected chi connectivity index (χ3v) is 4.21. The van der Waals surface area contributed by atoms with Gasteiger partial charge in [-0.3, -0.25) is 9.48 Å². The van der Waals surface area contributed by atoms with E-state index in [1.165, 1.54) is 23.1 Å². The molecule has 0 aliphatic rings. The Bertz CT molecular complexity index is 768. The fraction of sp³-hybridized carbons (Fsp3) is 0.412. The lowest BCUT2D eigenvalue weighted by molar-refractivity contribution is -0.0514. The SMILES string of the molecule is CCOc1cc(C(=O)N(C)Cc2nn(CC)cc2Br)ccc1OC(F)F. The molecule has 1 heterocycles. The number of ether oxygens (including phenoxy) is 2. The van der Waals surface area contributed by atoms with E-state index in [1.54, 1.807) is 18.7 Å². The molecule has 2 rings (SSSR count). The molecule has 0 aliphatic heterocycles. The number of alkyl halides is 2. The van der Waals surface area contributed by atoms with Gasteiger partial charge in [-0.1, -0.05) is 0 Å². The van der Waals surface area contributed by atoms with Crippen LogP contribution in [0.25, 0.3) is 0 Å². The molecule has 0 saturated heterocycles. The molecular weight excluding hydrogens is 412 g/mol. The Kier molecular flexibility index (Phi) is 6.96. The topological polar surface area (TPSA) is 56.6 Å². The number of benzene rings is 1. The first kappa shape index (κ1) is 20.2. The summed E-state index contributed by atoms with van der Waals surface area (Å²) >= 11 is 3.43. The molecule has 0 aliphatic carbocycles. The van der Waals surface area contributed by atoms with E-state index >= 15 is 0 Å². The van der Waals surface area contributed by atoms with Crippen LogP contribution in [-0.2, 0) is 13.1 Å².